The number of likely N-dealkylation sites (N-methyl/N-ethyl adjacent to an activating group) is 1. The third kappa shape index (κ3) is 5.38. The third-order valence-electron chi connectivity index (χ3n) is 6.66. The van der Waals surface area contributed by atoms with Crippen LogP contribution in [0.3, 0.4) is 0 Å². The molecule has 0 amide bonds. The monoisotopic (exact) mass is 536 g/mol. The van der Waals surface area contributed by atoms with E-state index in [0.717, 1.165) is 12.1 Å². The summed E-state index contributed by atoms with van der Waals surface area (Å²) in [6.07, 6.45) is 2.74. The zero-order valence-electron chi connectivity index (χ0n) is 21.6. The molecular weight excluding hydrogens is 502 g/mol. The highest BCUT2D eigenvalue weighted by molar-refractivity contribution is 7.89. The molecule has 1 saturated heterocycles. The summed E-state index contributed by atoms with van der Waals surface area (Å²) in [6, 6.07) is 1.42. The first kappa shape index (κ1) is 27.1. The summed E-state index contributed by atoms with van der Waals surface area (Å²) in [5.41, 5.74) is 1.26. The first-order chi connectivity index (χ1) is 17.6. The van der Waals surface area contributed by atoms with Crippen LogP contribution in [0.4, 0.5) is 0 Å². The van der Waals surface area contributed by atoms with Gasteiger partial charge in [0.2, 0.25) is 15.9 Å². The molecule has 0 aromatic carbocycles. The molecule has 0 aliphatic carbocycles. The van der Waals surface area contributed by atoms with Gasteiger partial charge in [0.05, 0.1) is 37.2 Å². The van der Waals surface area contributed by atoms with E-state index in [1.807, 2.05) is 13.8 Å². The predicted molar refractivity (Wildman–Crippen MR) is 135 cm³/mol. The number of piperazine rings is 1. The number of ether oxygens (including phenoxy) is 2. The second-order valence-electron chi connectivity index (χ2n) is 9.06. The molecule has 0 unspecified atom stereocenters. The van der Waals surface area contributed by atoms with Gasteiger partial charge in [0.25, 0.3) is 5.56 Å². The lowest BCUT2D eigenvalue weighted by Gasteiger charge is -2.37. The van der Waals surface area contributed by atoms with Crippen LogP contribution in [-0.4, -0.2) is 100 Å². The molecule has 3 aromatic rings. The van der Waals surface area contributed by atoms with Crippen LogP contribution >= 0.6 is 0 Å². The van der Waals surface area contributed by atoms with Crippen LogP contribution in [0.15, 0.2) is 22.0 Å². The number of quaternary nitrogens is 1. The number of hydrogen-bond donors (Lipinski definition) is 2. The number of aryl methyl sites for hydroxylation is 2. The fourth-order valence-electron chi connectivity index (χ4n) is 4.37. The van der Waals surface area contributed by atoms with Crippen molar-refractivity contribution < 1.29 is 27.7 Å². The van der Waals surface area contributed by atoms with E-state index in [9.17, 15) is 18.4 Å². The van der Waals surface area contributed by atoms with Gasteiger partial charge in [0.1, 0.15) is 42.5 Å². The first-order valence-electron chi connectivity index (χ1n) is 12.3. The summed E-state index contributed by atoms with van der Waals surface area (Å²) in [4.78, 5) is 24.5. The minimum absolute atomic E-state index is 0.0567. The number of nitrogens with one attached hydrogen (secondary N) is 1. The van der Waals surface area contributed by atoms with E-state index in [-0.39, 0.29) is 52.0 Å². The van der Waals surface area contributed by atoms with Crippen LogP contribution in [0, 0.1) is 0 Å². The molecular formula is C23H34N7O6S+. The molecule has 1 aliphatic heterocycles. The molecule has 0 saturated carbocycles. The Bertz CT molecular complexity index is 1430. The quantitative estimate of drug-likeness (QED) is 0.285. The Labute approximate surface area is 215 Å². The number of rotatable bonds is 10. The van der Waals surface area contributed by atoms with Gasteiger partial charge in [0, 0.05) is 14.2 Å². The van der Waals surface area contributed by atoms with Gasteiger partial charge in [-0.15, -0.1) is 0 Å². The number of aromatic nitrogens is 5. The van der Waals surface area contributed by atoms with E-state index in [1.165, 1.54) is 23.7 Å². The van der Waals surface area contributed by atoms with E-state index >= 15 is 0 Å². The second-order valence-corrected chi connectivity index (χ2v) is 11.0. The third-order valence-corrected chi connectivity index (χ3v) is 8.52. The van der Waals surface area contributed by atoms with Crippen LogP contribution in [0.2, 0.25) is 0 Å². The van der Waals surface area contributed by atoms with Gasteiger partial charge in [-0.2, -0.15) is 14.1 Å². The molecule has 1 fully saturated rings. The zero-order chi connectivity index (χ0) is 26.8. The number of sulfonamides is 1. The first-order valence-corrected chi connectivity index (χ1v) is 13.7. The van der Waals surface area contributed by atoms with Gasteiger partial charge in [0.15, 0.2) is 5.52 Å². The summed E-state index contributed by atoms with van der Waals surface area (Å²) in [5.74, 6) is 0.255. The number of pyridine rings is 1. The van der Waals surface area contributed by atoms with Crippen LogP contribution in [0.25, 0.3) is 22.4 Å². The van der Waals surface area contributed by atoms with Crippen molar-refractivity contribution in [2.45, 2.75) is 31.6 Å². The maximum atomic E-state index is 13.5. The highest BCUT2D eigenvalue weighted by Gasteiger charge is 2.37. The predicted octanol–water partition coefficient (Wildman–Crippen LogP) is 0.927. The Morgan fingerprint density at radius 1 is 1.19 bits per heavy atom. The molecule has 2 N–H and O–H groups in total. The fraction of sp³-hybridized carbons (Fsp3) is 0.565. The average Bonchev–Trinajstić information content (AvgIpc) is 3.20. The number of hydrogen-bond acceptors (Lipinski definition) is 9. The van der Waals surface area contributed by atoms with Crippen LogP contribution in [0.5, 0.6) is 5.88 Å². The molecule has 4 rings (SSSR count). The van der Waals surface area contributed by atoms with E-state index in [2.05, 4.69) is 20.1 Å². The molecule has 0 spiro atoms. The van der Waals surface area contributed by atoms with E-state index in [4.69, 9.17) is 9.47 Å². The number of fused-ring (bicyclic) bond motifs is 1. The van der Waals surface area contributed by atoms with Gasteiger partial charge in [-0.3, -0.25) is 9.48 Å². The SMILES string of the molecule is CCCc1c2nc(-c3cc(S(=O)(=O)N4CC[N+](O)(CC)CC4)cnc3OCCOC)[nH]c(=O)c2nn1C. The lowest BCUT2D eigenvalue weighted by molar-refractivity contribution is -1.10. The Morgan fingerprint density at radius 2 is 1.92 bits per heavy atom. The molecule has 13 nitrogen and oxygen atoms in total. The normalized spacial score (nSPS) is 16.4. The Morgan fingerprint density at radius 3 is 2.57 bits per heavy atom. The van der Waals surface area contributed by atoms with Crippen molar-refractivity contribution in [3.8, 4) is 17.3 Å². The standard InChI is InChI=1S/C23H33N7O6S/c1-5-7-18-19-20(27-28(18)3)22(31)26-21(25-19)17-14-16(15-24-23(17)36-13-12-35-4)37(33,34)29-8-10-30(32,6-2)11-9-29/h14-15,32H,5-13H2,1-4H3/p+1. The Kier molecular flexibility index (Phi) is 7.94. The molecule has 14 heteroatoms. The largest absolute Gasteiger partial charge is 0.475 e. The second kappa shape index (κ2) is 10.8. The van der Waals surface area contributed by atoms with Crippen LogP contribution < -0.4 is 10.3 Å². The van der Waals surface area contributed by atoms with Crippen molar-refractivity contribution in [1.29, 1.82) is 0 Å². The maximum absolute atomic E-state index is 13.5. The summed E-state index contributed by atoms with van der Waals surface area (Å²) in [5, 5.41) is 14.8. The molecule has 1 aliphatic rings. The van der Waals surface area contributed by atoms with E-state index in [0.29, 0.717) is 38.2 Å². The lowest BCUT2D eigenvalue weighted by Crippen LogP contribution is -2.58. The molecule has 0 bridgehead atoms. The number of hydroxylamine groups is 3. The van der Waals surface area contributed by atoms with Crippen LogP contribution in [-0.2, 0) is 28.2 Å². The van der Waals surface area contributed by atoms with Crippen molar-refractivity contribution in [2.24, 2.45) is 7.05 Å². The van der Waals surface area contributed by atoms with Gasteiger partial charge < -0.3 is 14.5 Å². The van der Waals surface area contributed by atoms with E-state index in [1.54, 1.807) is 11.7 Å². The number of H-pyrrole nitrogens is 1. The van der Waals surface area contributed by atoms with Crippen molar-refractivity contribution >= 4 is 21.1 Å². The maximum Gasteiger partial charge on any atom is 0.279 e. The number of methoxy groups -OCH3 is 1. The summed E-state index contributed by atoms with van der Waals surface area (Å²) in [6.45, 7) is 5.78. The average molecular weight is 537 g/mol. The smallest absolute Gasteiger partial charge is 0.279 e. The highest BCUT2D eigenvalue weighted by Crippen LogP contribution is 2.30. The molecule has 0 atom stereocenters. The van der Waals surface area contributed by atoms with Crippen molar-refractivity contribution in [2.75, 3.05) is 53.0 Å². The minimum atomic E-state index is -3.92. The van der Waals surface area contributed by atoms with Crippen molar-refractivity contribution in [1.82, 2.24) is 29.0 Å². The minimum Gasteiger partial charge on any atom is -0.475 e. The fourth-order valence-corrected chi connectivity index (χ4v) is 5.77. The van der Waals surface area contributed by atoms with Gasteiger partial charge >= 0.3 is 0 Å². The van der Waals surface area contributed by atoms with Gasteiger partial charge in [-0.25, -0.2) is 23.6 Å². The summed E-state index contributed by atoms with van der Waals surface area (Å²) in [7, 11) is -0.628. The van der Waals surface area contributed by atoms with Crippen molar-refractivity contribution in [3.05, 3.63) is 28.3 Å². The van der Waals surface area contributed by atoms with Crippen molar-refractivity contribution in [3.63, 3.8) is 0 Å². The topological polar surface area (TPSA) is 153 Å². The van der Waals surface area contributed by atoms with Gasteiger partial charge in [-0.05, 0) is 19.4 Å². The Balaban J connectivity index is 1.80. The molecule has 3 aromatic heterocycles. The molecule has 37 heavy (non-hydrogen) atoms. The summed E-state index contributed by atoms with van der Waals surface area (Å²) < 4.78 is 40.6. The Hall–Kier alpha value is -2.91. The van der Waals surface area contributed by atoms with Gasteiger partial charge in [-0.1, -0.05) is 13.3 Å². The van der Waals surface area contributed by atoms with E-state index < -0.39 is 15.6 Å². The number of nitrogens with zero attached hydrogens (tertiary/aromatic N) is 6. The highest BCUT2D eigenvalue weighted by atomic mass is 32.2. The number of aromatic amines is 1. The molecule has 4 heterocycles. The molecule has 0 radical (unpaired) electrons. The summed E-state index contributed by atoms with van der Waals surface area (Å²) >= 11 is 0. The lowest BCUT2D eigenvalue weighted by atomic mass is 10.2. The zero-order valence-corrected chi connectivity index (χ0v) is 22.4. The van der Waals surface area contributed by atoms with Crippen LogP contribution in [0.1, 0.15) is 26.0 Å². The molecule has 202 valence electrons.